The fraction of sp³-hybridized carbons (Fsp3) is 0.143. The maximum absolute atomic E-state index is 12.4. The Bertz CT molecular complexity index is 650. The van der Waals surface area contributed by atoms with E-state index < -0.39 is 10.8 Å². The molecule has 5 heteroatoms. The van der Waals surface area contributed by atoms with Gasteiger partial charge in [0.2, 0.25) is 0 Å². The normalized spacial score (nSPS) is 11.6. The molecule has 1 aromatic carbocycles. The first kappa shape index (κ1) is 13.2. The number of methoxy groups -OCH3 is 1. The van der Waals surface area contributed by atoms with Gasteiger partial charge in [-0.2, -0.15) is 5.26 Å². The highest BCUT2D eigenvalue weighted by Gasteiger charge is 2.13. The number of nitriles is 1. The molecule has 2 rings (SSSR count). The van der Waals surface area contributed by atoms with Gasteiger partial charge in [-0.3, -0.25) is 4.21 Å². The third-order valence-corrected chi connectivity index (χ3v) is 4.00. The Morgan fingerprint density at radius 3 is 2.84 bits per heavy atom. The second-order valence-electron chi connectivity index (χ2n) is 3.76. The Hall–Kier alpha value is -2.19. The number of nitrogens with zero attached hydrogens (tertiary/aromatic N) is 2. The molecule has 1 atom stereocenters. The lowest BCUT2D eigenvalue weighted by atomic mass is 10.2. The third-order valence-electron chi connectivity index (χ3n) is 2.60. The highest BCUT2D eigenvalue weighted by atomic mass is 32.2. The quantitative estimate of drug-likeness (QED) is 0.856. The molecule has 0 aliphatic rings. The van der Waals surface area contributed by atoms with E-state index in [2.05, 4.69) is 4.98 Å². The molecule has 19 heavy (non-hydrogen) atoms. The van der Waals surface area contributed by atoms with E-state index in [1.807, 2.05) is 18.2 Å². The summed E-state index contributed by atoms with van der Waals surface area (Å²) in [5, 5.41) is 8.97. The van der Waals surface area contributed by atoms with E-state index in [4.69, 9.17) is 10.00 Å². The molecule has 0 spiro atoms. The lowest BCUT2D eigenvalue weighted by Gasteiger charge is -2.08. The lowest BCUT2D eigenvalue weighted by molar-refractivity contribution is 0.404. The van der Waals surface area contributed by atoms with Crippen molar-refractivity contribution in [2.24, 2.45) is 0 Å². The van der Waals surface area contributed by atoms with Gasteiger partial charge in [-0.05, 0) is 18.2 Å². The van der Waals surface area contributed by atoms with Crippen molar-refractivity contribution in [2.75, 3.05) is 7.11 Å². The van der Waals surface area contributed by atoms with Gasteiger partial charge in [0.05, 0.1) is 28.6 Å². The van der Waals surface area contributed by atoms with E-state index in [1.165, 1.54) is 0 Å². The second kappa shape index (κ2) is 6.12. The smallest absolute Gasteiger partial charge is 0.144 e. The first-order chi connectivity index (χ1) is 9.26. The molecule has 1 aromatic heterocycles. The summed E-state index contributed by atoms with van der Waals surface area (Å²) < 4.78 is 17.5. The van der Waals surface area contributed by atoms with E-state index in [1.54, 1.807) is 37.6 Å². The molecule has 0 saturated carbocycles. The van der Waals surface area contributed by atoms with Gasteiger partial charge in [-0.25, -0.2) is 4.98 Å². The van der Waals surface area contributed by atoms with Crippen LogP contribution in [0.2, 0.25) is 0 Å². The summed E-state index contributed by atoms with van der Waals surface area (Å²) in [7, 11) is 0.269. The van der Waals surface area contributed by atoms with Crippen LogP contribution in [0.1, 0.15) is 11.3 Å². The van der Waals surface area contributed by atoms with Crippen LogP contribution in [0.5, 0.6) is 5.75 Å². The van der Waals surface area contributed by atoms with Crippen LogP contribution >= 0.6 is 0 Å². The maximum Gasteiger partial charge on any atom is 0.144 e. The predicted molar refractivity (Wildman–Crippen MR) is 72.1 cm³/mol. The van der Waals surface area contributed by atoms with Gasteiger partial charge < -0.3 is 4.74 Å². The monoisotopic (exact) mass is 272 g/mol. The van der Waals surface area contributed by atoms with Crippen LogP contribution in [0.25, 0.3) is 0 Å². The number of rotatable bonds is 4. The molecule has 0 N–H and O–H groups in total. The molecule has 1 unspecified atom stereocenters. The van der Waals surface area contributed by atoms with Gasteiger partial charge in [0.15, 0.2) is 0 Å². The lowest BCUT2D eigenvalue weighted by Crippen LogP contribution is -2.02. The van der Waals surface area contributed by atoms with Crippen molar-refractivity contribution >= 4 is 10.8 Å². The zero-order valence-corrected chi connectivity index (χ0v) is 11.2. The van der Waals surface area contributed by atoms with E-state index in [0.29, 0.717) is 21.9 Å². The van der Waals surface area contributed by atoms with Crippen LogP contribution in [0, 0.1) is 11.3 Å². The average Bonchev–Trinajstić information content (AvgIpc) is 2.47. The van der Waals surface area contributed by atoms with Crippen molar-refractivity contribution in [3.8, 4) is 11.8 Å². The van der Waals surface area contributed by atoms with Crippen LogP contribution in [-0.2, 0) is 16.6 Å². The maximum atomic E-state index is 12.4. The third kappa shape index (κ3) is 2.98. The Kier molecular flexibility index (Phi) is 4.26. The average molecular weight is 272 g/mol. The SMILES string of the molecule is COc1ccccc1S(=O)Cc1cccnc1C#N. The van der Waals surface area contributed by atoms with E-state index in [-0.39, 0.29) is 5.75 Å². The number of hydrogen-bond acceptors (Lipinski definition) is 4. The summed E-state index contributed by atoms with van der Waals surface area (Å²) >= 11 is 0. The van der Waals surface area contributed by atoms with E-state index >= 15 is 0 Å². The summed E-state index contributed by atoms with van der Waals surface area (Å²) in [5.41, 5.74) is 0.986. The number of benzene rings is 1. The topological polar surface area (TPSA) is 63.0 Å². The zero-order valence-electron chi connectivity index (χ0n) is 10.4. The number of pyridine rings is 1. The van der Waals surface area contributed by atoms with Crippen LogP contribution in [0.3, 0.4) is 0 Å². The number of ether oxygens (including phenoxy) is 1. The van der Waals surface area contributed by atoms with E-state index in [9.17, 15) is 4.21 Å². The molecule has 0 aliphatic heterocycles. The van der Waals surface area contributed by atoms with Crippen LogP contribution in [0.4, 0.5) is 0 Å². The standard InChI is InChI=1S/C14H12N2O2S/c1-18-13-6-2-3-7-14(13)19(17)10-11-5-4-8-16-12(11)9-15/h2-8H,10H2,1H3. The molecular weight excluding hydrogens is 260 g/mol. The first-order valence-electron chi connectivity index (χ1n) is 5.61. The molecule has 0 aliphatic carbocycles. The zero-order chi connectivity index (χ0) is 13.7. The highest BCUT2D eigenvalue weighted by molar-refractivity contribution is 7.84. The second-order valence-corrected chi connectivity index (χ2v) is 5.18. The molecule has 4 nitrogen and oxygen atoms in total. The van der Waals surface area contributed by atoms with Crippen LogP contribution in [-0.4, -0.2) is 16.3 Å². The molecule has 0 radical (unpaired) electrons. The van der Waals surface area contributed by atoms with Crippen molar-refractivity contribution in [1.29, 1.82) is 5.26 Å². The molecule has 1 heterocycles. The predicted octanol–water partition coefficient (Wildman–Crippen LogP) is 2.27. The summed E-state index contributed by atoms with van der Waals surface area (Å²) in [6, 6.07) is 12.7. The molecular formula is C14H12N2O2S. The summed E-state index contributed by atoms with van der Waals surface area (Å²) in [6.07, 6.45) is 1.55. The van der Waals surface area contributed by atoms with Crippen LogP contribution in [0.15, 0.2) is 47.5 Å². The minimum Gasteiger partial charge on any atom is -0.495 e. The van der Waals surface area contributed by atoms with Gasteiger partial charge in [-0.1, -0.05) is 18.2 Å². The van der Waals surface area contributed by atoms with Crippen molar-refractivity contribution < 1.29 is 8.95 Å². The summed E-state index contributed by atoms with van der Waals surface area (Å²) in [4.78, 5) is 4.58. The number of hydrogen-bond donors (Lipinski definition) is 0. The largest absolute Gasteiger partial charge is 0.495 e. The minimum absolute atomic E-state index is 0.247. The van der Waals surface area contributed by atoms with Crippen molar-refractivity contribution in [1.82, 2.24) is 4.98 Å². The minimum atomic E-state index is -1.27. The fourth-order valence-corrected chi connectivity index (χ4v) is 2.96. The van der Waals surface area contributed by atoms with E-state index in [0.717, 1.165) is 0 Å². The highest BCUT2D eigenvalue weighted by Crippen LogP contribution is 2.23. The van der Waals surface area contributed by atoms with Crippen molar-refractivity contribution in [2.45, 2.75) is 10.6 Å². The Labute approximate surface area is 114 Å². The van der Waals surface area contributed by atoms with Gasteiger partial charge in [0.25, 0.3) is 0 Å². The van der Waals surface area contributed by atoms with Crippen LogP contribution < -0.4 is 4.74 Å². The molecule has 2 aromatic rings. The molecule has 0 bridgehead atoms. The first-order valence-corrected chi connectivity index (χ1v) is 6.93. The Balaban J connectivity index is 2.29. The Morgan fingerprint density at radius 2 is 2.11 bits per heavy atom. The van der Waals surface area contributed by atoms with Gasteiger partial charge >= 0.3 is 0 Å². The fourth-order valence-electron chi connectivity index (χ4n) is 1.68. The number of aromatic nitrogens is 1. The number of para-hydroxylation sites is 1. The molecule has 0 amide bonds. The van der Waals surface area contributed by atoms with Gasteiger partial charge in [-0.15, -0.1) is 0 Å². The van der Waals surface area contributed by atoms with Gasteiger partial charge in [0, 0.05) is 11.8 Å². The Morgan fingerprint density at radius 1 is 1.32 bits per heavy atom. The molecule has 0 fully saturated rings. The van der Waals surface area contributed by atoms with Crippen molar-refractivity contribution in [3.63, 3.8) is 0 Å². The molecule has 0 saturated heterocycles. The summed E-state index contributed by atoms with van der Waals surface area (Å²) in [5.74, 6) is 0.833. The van der Waals surface area contributed by atoms with Crippen molar-refractivity contribution in [3.05, 3.63) is 53.9 Å². The summed E-state index contributed by atoms with van der Waals surface area (Å²) in [6.45, 7) is 0. The van der Waals surface area contributed by atoms with Gasteiger partial charge in [0.1, 0.15) is 17.5 Å². The molecule has 96 valence electrons.